The molecular formula is C49H70N3O15S3+. The zero-order chi connectivity index (χ0) is 52.1. The van der Waals surface area contributed by atoms with Crippen LogP contribution in [-0.4, -0.2) is 122 Å². The zero-order valence-corrected chi connectivity index (χ0v) is 44.6. The number of aromatic nitrogens is 1. The summed E-state index contributed by atoms with van der Waals surface area (Å²) in [4.78, 5) is 19.9. The lowest BCUT2D eigenvalue weighted by atomic mass is 9.76. The molecule has 2 aromatic carbocycles. The average molecular weight is 1040 g/mol. The molecule has 0 saturated heterocycles. The molecule has 0 spiro atoms. The quantitative estimate of drug-likeness (QED) is 0.0489. The minimum atomic E-state index is -4.14. The summed E-state index contributed by atoms with van der Waals surface area (Å²) in [5.41, 5.74) is 1.65. The van der Waals surface area contributed by atoms with Crippen molar-refractivity contribution in [2.24, 2.45) is 0 Å². The van der Waals surface area contributed by atoms with Crippen LogP contribution in [0.4, 0.5) is 11.4 Å². The zero-order valence-electron chi connectivity index (χ0n) is 42.1. The number of methoxy groups -OCH3 is 1. The van der Waals surface area contributed by atoms with Gasteiger partial charge in [0.05, 0.1) is 47.9 Å². The maximum atomic E-state index is 13.2. The third kappa shape index (κ3) is 12.5. The number of benzene rings is 2. The SMILES string of the molecule is COCCC1(C)C(C=CC=C2N(C(C)(C)CCOC(C)(C)C)c3ccc(S(=O)(=O)OC)cc3C2(C)CCCS(=O)(=O)OC)=[N+](CCCCCC(=O)On2c(O)ccc2O)c2ccc(S(=O)(=O)OC)cc21. The standard InChI is InChI=1S/C49H69N3O15S3/c1-46(2,3)66-31-27-47(4,5)51-40-23-21-36(70(60,61)65-11)34-38(40)48(6,26-16-32-68(56,57)63-9)42(51)18-15-17-41-49(7,28-30-62-8)37-33-35(69(58,59)64-10)20-22-39(37)50(41)29-14-12-13-19-45(55)67-52-43(53)24-25-44(52)54/h15,17-18,20-25,33-34H,12-14,16,19,26-32H2,1-11H3,(H-,53,54)/p+1. The molecule has 0 saturated carbocycles. The van der Waals surface area contributed by atoms with E-state index >= 15 is 0 Å². The van der Waals surface area contributed by atoms with Crippen molar-refractivity contribution in [2.75, 3.05) is 58.9 Å². The Kier molecular flexibility index (Phi) is 17.7. The summed E-state index contributed by atoms with van der Waals surface area (Å²) in [7, 11) is -7.16. The number of nitrogens with zero attached hydrogens (tertiary/aromatic N) is 3. The number of hydrogen-bond acceptors (Lipinski definition) is 16. The van der Waals surface area contributed by atoms with Gasteiger partial charge in [-0.1, -0.05) is 6.08 Å². The van der Waals surface area contributed by atoms with Gasteiger partial charge in [0, 0.05) is 85.3 Å². The molecule has 3 aromatic rings. The summed E-state index contributed by atoms with van der Waals surface area (Å²) in [5.74, 6) is -1.76. The number of unbranched alkanes of at least 4 members (excludes halogenated alkanes) is 2. The molecule has 0 radical (unpaired) electrons. The van der Waals surface area contributed by atoms with Gasteiger partial charge in [0.2, 0.25) is 17.4 Å². The topological polar surface area (TPSA) is 227 Å². The van der Waals surface area contributed by atoms with Gasteiger partial charge in [-0.15, -0.1) is 4.73 Å². The van der Waals surface area contributed by atoms with Gasteiger partial charge < -0.3 is 29.4 Å². The van der Waals surface area contributed by atoms with Gasteiger partial charge in [0.1, 0.15) is 6.54 Å². The van der Waals surface area contributed by atoms with E-state index in [-0.39, 0.29) is 34.8 Å². The maximum absolute atomic E-state index is 13.2. The first kappa shape index (κ1) is 56.3. The van der Waals surface area contributed by atoms with Gasteiger partial charge in [0.15, 0.2) is 5.71 Å². The van der Waals surface area contributed by atoms with Gasteiger partial charge in [-0.3, -0.25) is 12.5 Å². The van der Waals surface area contributed by atoms with Crippen LogP contribution in [0.1, 0.15) is 111 Å². The first-order valence-electron chi connectivity index (χ1n) is 23.1. The molecule has 18 nitrogen and oxygen atoms in total. The van der Waals surface area contributed by atoms with Crippen molar-refractivity contribution < 1.29 is 71.7 Å². The van der Waals surface area contributed by atoms with E-state index < -0.39 is 70.1 Å². The van der Waals surface area contributed by atoms with Crippen LogP contribution in [-0.2, 0) is 68.0 Å². The highest BCUT2D eigenvalue weighted by Gasteiger charge is 2.50. The Hall–Kier alpha value is -4.61. The Morgan fingerprint density at radius 1 is 0.743 bits per heavy atom. The fraction of sp³-hybridized carbons (Fsp3) is 0.551. The number of allylic oxidation sites excluding steroid dienone is 4. The Bertz CT molecular complexity index is 2810. The molecule has 2 N–H and O–H groups in total. The second kappa shape index (κ2) is 22.0. The number of rotatable bonds is 25. The van der Waals surface area contributed by atoms with Crippen molar-refractivity contribution >= 4 is 53.4 Å². The van der Waals surface area contributed by atoms with E-state index in [2.05, 4.69) is 23.3 Å². The molecule has 0 aliphatic carbocycles. The lowest BCUT2D eigenvalue weighted by Gasteiger charge is -2.41. The molecule has 2 atom stereocenters. The van der Waals surface area contributed by atoms with Gasteiger partial charge >= 0.3 is 5.97 Å². The summed E-state index contributed by atoms with van der Waals surface area (Å²) in [6, 6.07) is 12.2. The predicted molar refractivity (Wildman–Crippen MR) is 264 cm³/mol. The van der Waals surface area contributed by atoms with Crippen LogP contribution in [0.3, 0.4) is 0 Å². The number of carbonyl (C=O) groups is 1. The van der Waals surface area contributed by atoms with Crippen molar-refractivity contribution in [3.63, 3.8) is 0 Å². The van der Waals surface area contributed by atoms with Crippen molar-refractivity contribution in [2.45, 2.75) is 132 Å². The largest absolute Gasteiger partial charge is 0.492 e. The summed E-state index contributed by atoms with van der Waals surface area (Å²) in [5, 5.41) is 19.8. The molecule has 388 valence electrons. The molecule has 70 heavy (non-hydrogen) atoms. The molecule has 3 heterocycles. The minimum absolute atomic E-state index is 0.00805. The Morgan fingerprint density at radius 2 is 1.36 bits per heavy atom. The summed E-state index contributed by atoms with van der Waals surface area (Å²) >= 11 is 0. The molecule has 2 aliphatic rings. The molecule has 21 heteroatoms. The molecule has 0 amide bonds. The molecular weight excluding hydrogens is 967 g/mol. The molecule has 0 bridgehead atoms. The number of aromatic hydroxyl groups is 2. The van der Waals surface area contributed by atoms with E-state index in [1.807, 2.05) is 52.8 Å². The van der Waals surface area contributed by atoms with Crippen LogP contribution in [0, 0.1) is 0 Å². The Morgan fingerprint density at radius 3 is 1.94 bits per heavy atom. The summed E-state index contributed by atoms with van der Waals surface area (Å²) in [6.45, 7) is 15.3. The minimum Gasteiger partial charge on any atom is -0.492 e. The lowest BCUT2D eigenvalue weighted by molar-refractivity contribution is -0.438. The summed E-state index contributed by atoms with van der Waals surface area (Å²) in [6.07, 6.45) is 8.93. The van der Waals surface area contributed by atoms with Crippen molar-refractivity contribution in [1.82, 2.24) is 4.73 Å². The maximum Gasteiger partial charge on any atom is 0.333 e. The fourth-order valence-corrected chi connectivity index (χ4v) is 11.2. The molecule has 0 fully saturated rings. The van der Waals surface area contributed by atoms with E-state index in [9.17, 15) is 40.3 Å². The second-order valence-electron chi connectivity index (χ2n) is 19.5. The van der Waals surface area contributed by atoms with Crippen LogP contribution in [0.5, 0.6) is 11.8 Å². The first-order valence-corrected chi connectivity index (χ1v) is 27.5. The number of hydrogen-bond donors (Lipinski definition) is 2. The Labute approximate surface area is 413 Å². The number of ether oxygens (including phenoxy) is 2. The highest BCUT2D eigenvalue weighted by Crippen LogP contribution is 2.54. The summed E-state index contributed by atoms with van der Waals surface area (Å²) < 4.78 is 107. The van der Waals surface area contributed by atoms with Crippen molar-refractivity contribution in [1.29, 1.82) is 0 Å². The van der Waals surface area contributed by atoms with Crippen molar-refractivity contribution in [3.8, 4) is 11.8 Å². The van der Waals surface area contributed by atoms with Crippen LogP contribution >= 0.6 is 0 Å². The van der Waals surface area contributed by atoms with Crippen LogP contribution < -0.4 is 9.74 Å². The van der Waals surface area contributed by atoms with E-state index in [0.717, 1.165) is 49.7 Å². The van der Waals surface area contributed by atoms with Gasteiger partial charge in [0.25, 0.3) is 30.4 Å². The predicted octanol–water partition coefficient (Wildman–Crippen LogP) is 7.14. The average Bonchev–Trinajstić information content (AvgIpc) is 3.83. The normalized spacial score (nSPS) is 19.4. The third-order valence-corrected chi connectivity index (χ3v) is 16.9. The lowest BCUT2D eigenvalue weighted by Crippen LogP contribution is -2.45. The highest BCUT2D eigenvalue weighted by atomic mass is 32.2. The van der Waals surface area contributed by atoms with Gasteiger partial charge in [-0.25, -0.2) is 4.79 Å². The van der Waals surface area contributed by atoms with E-state index in [1.54, 1.807) is 31.4 Å². The molecule has 2 aliphatic heterocycles. The molecule has 5 rings (SSSR count). The van der Waals surface area contributed by atoms with E-state index in [0.29, 0.717) is 62.2 Å². The van der Waals surface area contributed by atoms with Gasteiger partial charge in [-0.05, 0) is 129 Å². The van der Waals surface area contributed by atoms with Crippen LogP contribution in [0.2, 0.25) is 0 Å². The number of fused-ring (bicyclic) bond motifs is 2. The fourth-order valence-electron chi connectivity index (χ4n) is 9.18. The van der Waals surface area contributed by atoms with Crippen LogP contribution in [0.25, 0.3) is 0 Å². The van der Waals surface area contributed by atoms with E-state index in [1.165, 1.54) is 24.3 Å². The van der Waals surface area contributed by atoms with Crippen molar-refractivity contribution in [3.05, 3.63) is 83.6 Å². The number of carbonyl (C=O) groups excluding carboxylic acids is 1. The monoisotopic (exact) mass is 1040 g/mol. The smallest absolute Gasteiger partial charge is 0.333 e. The second-order valence-corrected chi connectivity index (χ2v) is 24.7. The molecule has 2 unspecified atom stereocenters. The first-order chi connectivity index (χ1) is 32.6. The highest BCUT2D eigenvalue weighted by molar-refractivity contribution is 7.87. The van der Waals surface area contributed by atoms with Gasteiger partial charge in [-0.2, -0.15) is 29.8 Å². The van der Waals surface area contributed by atoms with Crippen LogP contribution in [0.15, 0.2) is 82.2 Å². The number of anilines is 1. The Balaban J connectivity index is 1.66. The third-order valence-electron chi connectivity index (χ3n) is 13.1. The molecule has 1 aromatic heterocycles. The van der Waals surface area contributed by atoms with E-state index in [4.69, 9.17) is 26.9 Å².